The van der Waals surface area contributed by atoms with E-state index < -0.39 is 9.28 Å². The Kier molecular flexibility index (Phi) is 5.11. The summed E-state index contributed by atoms with van der Waals surface area (Å²) in [7, 11) is -1.72. The molecule has 0 N–H and O–H groups in total. The lowest BCUT2D eigenvalue weighted by molar-refractivity contribution is 0.206. The van der Waals surface area contributed by atoms with Crippen LogP contribution in [0, 0.1) is 0 Å². The fourth-order valence-electron chi connectivity index (χ4n) is 3.20. The van der Waals surface area contributed by atoms with Crippen LogP contribution in [0.15, 0.2) is 54.6 Å². The van der Waals surface area contributed by atoms with Crippen molar-refractivity contribution in [1.82, 2.24) is 0 Å². The van der Waals surface area contributed by atoms with Crippen LogP contribution in [0.1, 0.15) is 31.9 Å². The normalized spacial score (nSPS) is 13.0. The zero-order valence-corrected chi connectivity index (χ0v) is 15.2. The highest BCUT2D eigenvalue weighted by Gasteiger charge is 2.24. The molecular weight excluding hydrogens is 300 g/mol. The molecule has 3 rings (SSSR count). The number of hydrogen-bond acceptors (Lipinski definition) is 2. The summed E-state index contributed by atoms with van der Waals surface area (Å²) in [6.07, 6.45) is 0. The second-order valence-corrected chi connectivity index (χ2v) is 8.24. The van der Waals surface area contributed by atoms with Crippen LogP contribution in [0.3, 0.4) is 0 Å². The van der Waals surface area contributed by atoms with Gasteiger partial charge in [0.2, 0.25) is 0 Å². The van der Waals surface area contributed by atoms with Crippen molar-refractivity contribution >= 4 is 30.8 Å². The van der Waals surface area contributed by atoms with Crippen LogP contribution in [0.5, 0.6) is 0 Å². The molecule has 3 aromatic rings. The highest BCUT2D eigenvalue weighted by atomic mass is 28.3. The van der Waals surface area contributed by atoms with Gasteiger partial charge in [0.1, 0.15) is 0 Å². The molecule has 120 valence electrons. The largest absolute Gasteiger partial charge is 0.396 e. The molecule has 23 heavy (non-hydrogen) atoms. The molecule has 1 unspecified atom stereocenters. The molecule has 1 atom stereocenters. The Balaban J connectivity index is 2.10. The van der Waals surface area contributed by atoms with E-state index in [2.05, 4.69) is 61.5 Å². The van der Waals surface area contributed by atoms with Crippen molar-refractivity contribution in [2.75, 3.05) is 13.2 Å². The maximum Gasteiger partial charge on any atom is 0.328 e. The molecule has 3 heteroatoms. The molecule has 0 saturated heterocycles. The van der Waals surface area contributed by atoms with Gasteiger partial charge >= 0.3 is 9.28 Å². The Morgan fingerprint density at radius 2 is 1.43 bits per heavy atom. The van der Waals surface area contributed by atoms with E-state index in [0.29, 0.717) is 5.54 Å². The van der Waals surface area contributed by atoms with Crippen molar-refractivity contribution in [3.63, 3.8) is 0 Å². The first-order valence-electron chi connectivity index (χ1n) is 8.39. The fourth-order valence-corrected chi connectivity index (χ4v) is 5.11. The quantitative estimate of drug-likeness (QED) is 0.473. The Bertz CT molecular complexity index is 794. The first kappa shape index (κ1) is 16.2. The maximum atomic E-state index is 5.95. The summed E-state index contributed by atoms with van der Waals surface area (Å²) in [5.41, 5.74) is 1.66. The number of hydrogen-bond donors (Lipinski definition) is 0. The molecule has 0 aliphatic heterocycles. The van der Waals surface area contributed by atoms with Crippen LogP contribution in [-0.4, -0.2) is 22.5 Å². The molecule has 0 aliphatic rings. The van der Waals surface area contributed by atoms with Gasteiger partial charge < -0.3 is 8.85 Å². The van der Waals surface area contributed by atoms with Gasteiger partial charge in [-0.25, -0.2) is 0 Å². The molecule has 3 aromatic carbocycles. The third kappa shape index (κ3) is 3.32. The third-order valence-electron chi connectivity index (χ3n) is 4.34. The highest BCUT2D eigenvalue weighted by Crippen LogP contribution is 2.31. The van der Waals surface area contributed by atoms with E-state index in [1.807, 2.05) is 13.8 Å². The van der Waals surface area contributed by atoms with Crippen molar-refractivity contribution in [2.45, 2.75) is 26.3 Å². The summed E-state index contributed by atoms with van der Waals surface area (Å²) in [6.45, 7) is 7.76. The lowest BCUT2D eigenvalue weighted by Crippen LogP contribution is -2.30. The predicted molar refractivity (Wildman–Crippen MR) is 100 cm³/mol. The van der Waals surface area contributed by atoms with Crippen LogP contribution in [0.2, 0.25) is 0 Å². The zero-order valence-electron chi connectivity index (χ0n) is 14.1. The van der Waals surface area contributed by atoms with E-state index in [-0.39, 0.29) is 0 Å². The first-order valence-corrected chi connectivity index (χ1v) is 10.00. The van der Waals surface area contributed by atoms with E-state index in [1.54, 1.807) is 0 Å². The smallest absolute Gasteiger partial charge is 0.328 e. The maximum absolute atomic E-state index is 5.95. The summed E-state index contributed by atoms with van der Waals surface area (Å²) in [5, 5.41) is 5.17. The minimum atomic E-state index is -1.72. The van der Waals surface area contributed by atoms with Gasteiger partial charge in [0.25, 0.3) is 0 Å². The Labute approximate surface area is 139 Å². The van der Waals surface area contributed by atoms with Gasteiger partial charge in [-0.2, -0.15) is 0 Å². The van der Waals surface area contributed by atoms with Crippen molar-refractivity contribution in [3.8, 4) is 0 Å². The SMILES string of the molecule is CCO[SiH](OCC)C(C)c1cccc2cc3ccccc3cc12. The fraction of sp³-hybridized carbons (Fsp3) is 0.300. The lowest BCUT2D eigenvalue weighted by Gasteiger charge is -2.23. The van der Waals surface area contributed by atoms with Crippen LogP contribution in [0.4, 0.5) is 0 Å². The van der Waals surface area contributed by atoms with Gasteiger partial charge in [-0.05, 0) is 53.1 Å². The van der Waals surface area contributed by atoms with Crippen molar-refractivity contribution in [1.29, 1.82) is 0 Å². The monoisotopic (exact) mass is 324 g/mol. The molecule has 0 saturated carbocycles. The van der Waals surface area contributed by atoms with Crippen LogP contribution < -0.4 is 0 Å². The minimum absolute atomic E-state index is 0.319. The number of rotatable bonds is 6. The van der Waals surface area contributed by atoms with Gasteiger partial charge in [0.05, 0.1) is 0 Å². The summed E-state index contributed by atoms with van der Waals surface area (Å²) in [6, 6.07) is 19.7. The molecule has 0 bridgehead atoms. The molecule has 2 nitrogen and oxygen atoms in total. The topological polar surface area (TPSA) is 18.5 Å². The summed E-state index contributed by atoms with van der Waals surface area (Å²) >= 11 is 0. The summed E-state index contributed by atoms with van der Waals surface area (Å²) in [4.78, 5) is 0. The number of benzene rings is 3. The zero-order chi connectivity index (χ0) is 16.2. The molecule has 0 aliphatic carbocycles. The molecule has 0 aromatic heterocycles. The molecule has 0 spiro atoms. The third-order valence-corrected chi connectivity index (χ3v) is 6.84. The standard InChI is InChI=1S/C20H24O2Si/c1-4-21-23(22-5-2)15(3)19-12-8-11-18-13-16-9-6-7-10-17(16)14-20(18)19/h6-15,23H,4-5H2,1-3H3. The second kappa shape index (κ2) is 7.26. The molecule has 0 fully saturated rings. The van der Waals surface area contributed by atoms with Gasteiger partial charge in [0.15, 0.2) is 0 Å². The van der Waals surface area contributed by atoms with E-state index >= 15 is 0 Å². The Morgan fingerprint density at radius 1 is 0.826 bits per heavy atom. The van der Waals surface area contributed by atoms with Gasteiger partial charge in [-0.15, -0.1) is 0 Å². The van der Waals surface area contributed by atoms with Crippen LogP contribution >= 0.6 is 0 Å². The Hall–Kier alpha value is -1.68. The van der Waals surface area contributed by atoms with E-state index in [4.69, 9.17) is 8.85 Å². The van der Waals surface area contributed by atoms with E-state index in [1.165, 1.54) is 27.1 Å². The van der Waals surface area contributed by atoms with Gasteiger partial charge in [-0.1, -0.05) is 49.4 Å². The Morgan fingerprint density at radius 3 is 2.09 bits per heavy atom. The van der Waals surface area contributed by atoms with E-state index in [0.717, 1.165) is 13.2 Å². The van der Waals surface area contributed by atoms with Crippen LogP contribution in [-0.2, 0) is 8.85 Å². The molecule has 0 radical (unpaired) electrons. The second-order valence-electron chi connectivity index (χ2n) is 5.84. The lowest BCUT2D eigenvalue weighted by atomic mass is 9.98. The summed E-state index contributed by atoms with van der Waals surface area (Å²) < 4.78 is 11.9. The van der Waals surface area contributed by atoms with Crippen molar-refractivity contribution < 1.29 is 8.85 Å². The number of fused-ring (bicyclic) bond motifs is 2. The average molecular weight is 324 g/mol. The summed E-state index contributed by atoms with van der Waals surface area (Å²) in [5.74, 6) is 0. The van der Waals surface area contributed by atoms with Crippen LogP contribution in [0.25, 0.3) is 21.5 Å². The predicted octanol–water partition coefficient (Wildman–Crippen LogP) is 4.93. The van der Waals surface area contributed by atoms with E-state index in [9.17, 15) is 0 Å². The minimum Gasteiger partial charge on any atom is -0.396 e. The van der Waals surface area contributed by atoms with Gasteiger partial charge in [-0.3, -0.25) is 0 Å². The molecular formula is C20H24O2Si. The first-order chi connectivity index (χ1) is 11.2. The van der Waals surface area contributed by atoms with Crippen molar-refractivity contribution in [2.24, 2.45) is 0 Å². The molecule has 0 heterocycles. The van der Waals surface area contributed by atoms with Crippen molar-refractivity contribution in [3.05, 3.63) is 60.2 Å². The molecule has 0 amide bonds. The highest BCUT2D eigenvalue weighted by molar-refractivity contribution is 6.46. The average Bonchev–Trinajstić information content (AvgIpc) is 2.58. The van der Waals surface area contributed by atoms with Gasteiger partial charge in [0, 0.05) is 18.8 Å².